The second-order valence-electron chi connectivity index (χ2n) is 3.44. The maximum Gasteiger partial charge on any atom is 0.534 e. The SMILES string of the molecule is COC(=O)c1cnc(/C=C\N)c(OS(=O)(=O)C(F)(F)F)c1. The second-order valence-corrected chi connectivity index (χ2v) is 4.98. The topological polar surface area (TPSA) is 109 Å². The lowest BCUT2D eigenvalue weighted by molar-refractivity contribution is -0.0500. The molecule has 0 spiro atoms. The van der Waals surface area contributed by atoms with Gasteiger partial charge in [0.15, 0.2) is 5.75 Å². The van der Waals surface area contributed by atoms with Gasteiger partial charge in [-0.1, -0.05) is 0 Å². The van der Waals surface area contributed by atoms with Gasteiger partial charge < -0.3 is 14.7 Å². The number of nitrogens with zero attached hydrogens (tertiary/aromatic N) is 1. The van der Waals surface area contributed by atoms with Crippen molar-refractivity contribution in [2.75, 3.05) is 7.11 Å². The Morgan fingerprint density at radius 3 is 2.52 bits per heavy atom. The number of carbonyl (C=O) groups excluding carboxylic acids is 1. The van der Waals surface area contributed by atoms with E-state index in [0.29, 0.717) is 0 Å². The molecule has 0 atom stereocenters. The first-order chi connectivity index (χ1) is 9.62. The molecule has 0 saturated heterocycles. The zero-order valence-electron chi connectivity index (χ0n) is 10.4. The van der Waals surface area contributed by atoms with E-state index in [1.54, 1.807) is 0 Å². The van der Waals surface area contributed by atoms with Gasteiger partial charge in [0.2, 0.25) is 0 Å². The third-order valence-corrected chi connectivity index (χ3v) is 3.01. The van der Waals surface area contributed by atoms with Crippen molar-refractivity contribution < 1.29 is 35.3 Å². The molecule has 7 nitrogen and oxygen atoms in total. The third-order valence-electron chi connectivity index (χ3n) is 2.04. The van der Waals surface area contributed by atoms with Crippen molar-refractivity contribution in [2.45, 2.75) is 5.51 Å². The minimum Gasteiger partial charge on any atom is -0.465 e. The van der Waals surface area contributed by atoms with Gasteiger partial charge in [-0.2, -0.15) is 21.6 Å². The summed E-state index contributed by atoms with van der Waals surface area (Å²) in [6.07, 6.45) is 2.88. The number of nitrogens with two attached hydrogens (primary N) is 1. The van der Waals surface area contributed by atoms with E-state index in [2.05, 4.69) is 13.9 Å². The number of halogens is 3. The van der Waals surface area contributed by atoms with Crippen molar-refractivity contribution in [1.82, 2.24) is 4.98 Å². The Labute approximate surface area is 117 Å². The summed E-state index contributed by atoms with van der Waals surface area (Å²) in [6.45, 7) is 0. The van der Waals surface area contributed by atoms with Crippen LogP contribution in [0.25, 0.3) is 6.08 Å². The van der Waals surface area contributed by atoms with E-state index in [0.717, 1.165) is 31.6 Å². The van der Waals surface area contributed by atoms with Gasteiger partial charge >= 0.3 is 21.6 Å². The molecule has 2 N–H and O–H groups in total. The number of ether oxygens (including phenoxy) is 1. The number of alkyl halides is 3. The number of carbonyl (C=O) groups is 1. The van der Waals surface area contributed by atoms with Crippen LogP contribution in [0.4, 0.5) is 13.2 Å². The number of hydrogen-bond acceptors (Lipinski definition) is 7. The molecule has 0 bridgehead atoms. The van der Waals surface area contributed by atoms with Gasteiger partial charge in [-0.3, -0.25) is 4.98 Å². The fourth-order valence-corrected chi connectivity index (χ4v) is 1.60. The fourth-order valence-electron chi connectivity index (χ4n) is 1.13. The lowest BCUT2D eigenvalue weighted by Crippen LogP contribution is -2.28. The largest absolute Gasteiger partial charge is 0.534 e. The summed E-state index contributed by atoms with van der Waals surface area (Å²) in [5.74, 6) is -1.74. The van der Waals surface area contributed by atoms with Gasteiger partial charge in [0, 0.05) is 12.3 Å². The Hall–Kier alpha value is -2.30. The summed E-state index contributed by atoms with van der Waals surface area (Å²) in [4.78, 5) is 14.8. The van der Waals surface area contributed by atoms with Crippen molar-refractivity contribution in [3.05, 3.63) is 29.7 Å². The van der Waals surface area contributed by atoms with E-state index in [9.17, 15) is 26.4 Å². The van der Waals surface area contributed by atoms with Crippen LogP contribution in [-0.2, 0) is 14.9 Å². The minimum atomic E-state index is -5.91. The average molecular weight is 326 g/mol. The van der Waals surface area contributed by atoms with Gasteiger partial charge in [0.1, 0.15) is 5.69 Å². The third kappa shape index (κ3) is 3.84. The average Bonchev–Trinajstić information content (AvgIpc) is 2.38. The molecule has 11 heteroatoms. The van der Waals surface area contributed by atoms with Gasteiger partial charge in [-0.15, -0.1) is 0 Å². The van der Waals surface area contributed by atoms with Crippen molar-refractivity contribution in [2.24, 2.45) is 5.73 Å². The van der Waals surface area contributed by atoms with Gasteiger partial charge in [-0.05, 0) is 12.3 Å². The molecule has 0 unspecified atom stereocenters. The Bertz CT molecular complexity index is 670. The van der Waals surface area contributed by atoms with Crippen molar-refractivity contribution in [1.29, 1.82) is 0 Å². The van der Waals surface area contributed by atoms with Gasteiger partial charge in [0.25, 0.3) is 0 Å². The monoisotopic (exact) mass is 326 g/mol. The van der Waals surface area contributed by atoms with Crippen LogP contribution in [0.15, 0.2) is 18.5 Å². The molecule has 0 aliphatic heterocycles. The van der Waals surface area contributed by atoms with E-state index >= 15 is 0 Å². The van der Waals surface area contributed by atoms with Crippen molar-refractivity contribution in [3.63, 3.8) is 0 Å². The highest BCUT2D eigenvalue weighted by atomic mass is 32.2. The maximum absolute atomic E-state index is 12.3. The molecule has 1 heterocycles. The Morgan fingerprint density at radius 2 is 2.05 bits per heavy atom. The predicted octanol–water partition coefficient (Wildman–Crippen LogP) is 1.03. The highest BCUT2D eigenvalue weighted by Gasteiger charge is 2.48. The second kappa shape index (κ2) is 5.99. The smallest absolute Gasteiger partial charge is 0.465 e. The van der Waals surface area contributed by atoms with E-state index < -0.39 is 27.3 Å². The van der Waals surface area contributed by atoms with Crippen molar-refractivity contribution >= 4 is 22.2 Å². The molecule has 1 rings (SSSR count). The first-order valence-electron chi connectivity index (χ1n) is 5.09. The maximum atomic E-state index is 12.3. The van der Waals surface area contributed by atoms with E-state index in [-0.39, 0.29) is 11.3 Å². The van der Waals surface area contributed by atoms with Crippen LogP contribution >= 0.6 is 0 Å². The number of rotatable bonds is 4. The standard InChI is InChI=1S/C10H9F3N2O5S/c1-19-9(16)6-4-8(7(2-3-14)15-5-6)20-21(17,18)10(11,12)13/h2-5H,14H2,1H3/b3-2-. The van der Waals surface area contributed by atoms with E-state index in [1.165, 1.54) is 0 Å². The van der Waals surface area contributed by atoms with Crippen LogP contribution in [0.1, 0.15) is 16.1 Å². The normalized spacial score (nSPS) is 12.4. The van der Waals surface area contributed by atoms with Crippen LogP contribution in [0.2, 0.25) is 0 Å². The molecule has 0 radical (unpaired) electrons. The van der Waals surface area contributed by atoms with Gasteiger partial charge in [-0.25, -0.2) is 4.79 Å². The Balaban J connectivity index is 3.34. The summed E-state index contributed by atoms with van der Waals surface area (Å²) in [5.41, 5.74) is -1.16. The predicted molar refractivity (Wildman–Crippen MR) is 64.4 cm³/mol. The number of aromatic nitrogens is 1. The lowest BCUT2D eigenvalue weighted by Gasteiger charge is -2.11. The van der Waals surface area contributed by atoms with Crippen LogP contribution in [0.3, 0.4) is 0 Å². The molecule has 116 valence electrons. The van der Waals surface area contributed by atoms with Crippen LogP contribution < -0.4 is 9.92 Å². The molecule has 0 aromatic carbocycles. The van der Waals surface area contributed by atoms with E-state index in [4.69, 9.17) is 5.73 Å². The molecular formula is C10H9F3N2O5S. The molecule has 0 saturated carbocycles. The zero-order chi connectivity index (χ0) is 16.3. The van der Waals surface area contributed by atoms with Gasteiger partial charge in [0.05, 0.1) is 12.7 Å². The molecule has 21 heavy (non-hydrogen) atoms. The Morgan fingerprint density at radius 1 is 1.43 bits per heavy atom. The highest BCUT2D eigenvalue weighted by molar-refractivity contribution is 7.88. The Kier molecular flexibility index (Phi) is 4.78. The first kappa shape index (κ1) is 16.8. The summed E-state index contributed by atoms with van der Waals surface area (Å²) in [5, 5.41) is 0. The molecule has 0 fully saturated rings. The van der Waals surface area contributed by atoms with E-state index in [1.807, 2.05) is 0 Å². The summed E-state index contributed by atoms with van der Waals surface area (Å²) >= 11 is 0. The summed E-state index contributed by atoms with van der Waals surface area (Å²) < 4.78 is 67.1. The van der Waals surface area contributed by atoms with Crippen LogP contribution in [0.5, 0.6) is 5.75 Å². The first-order valence-corrected chi connectivity index (χ1v) is 6.50. The molecular weight excluding hydrogens is 317 g/mol. The number of esters is 1. The number of hydrogen-bond donors (Lipinski definition) is 1. The molecule has 0 amide bonds. The minimum absolute atomic E-state index is 0.293. The zero-order valence-corrected chi connectivity index (χ0v) is 11.2. The molecule has 1 aromatic heterocycles. The quantitative estimate of drug-likeness (QED) is 0.500. The lowest BCUT2D eigenvalue weighted by atomic mass is 10.2. The summed E-state index contributed by atoms with van der Waals surface area (Å²) in [6, 6.07) is 0.747. The molecule has 0 aliphatic carbocycles. The summed E-state index contributed by atoms with van der Waals surface area (Å²) in [7, 11) is -4.88. The van der Waals surface area contributed by atoms with Crippen LogP contribution in [0, 0.1) is 0 Å². The fraction of sp³-hybridized carbons (Fsp3) is 0.200. The molecule has 0 aliphatic rings. The number of pyridine rings is 1. The number of methoxy groups -OCH3 is 1. The van der Waals surface area contributed by atoms with Crippen molar-refractivity contribution in [3.8, 4) is 5.75 Å². The highest BCUT2D eigenvalue weighted by Crippen LogP contribution is 2.29. The molecule has 1 aromatic rings. The van der Waals surface area contributed by atoms with Crippen LogP contribution in [-0.4, -0.2) is 32.0 Å².